The second-order valence-electron chi connectivity index (χ2n) is 5.77. The van der Waals surface area contributed by atoms with Crippen molar-refractivity contribution in [3.63, 3.8) is 0 Å². The van der Waals surface area contributed by atoms with Crippen LogP contribution in [-0.4, -0.2) is 31.1 Å². The minimum Gasteiger partial charge on any atom is -0.314 e. The Balaban J connectivity index is 0.00000104. The Morgan fingerprint density at radius 3 is 2.38 bits per heavy atom. The number of nitrogens with zero attached hydrogens (tertiary/aromatic N) is 1. The van der Waals surface area contributed by atoms with E-state index in [1.165, 1.54) is 21.2 Å². The van der Waals surface area contributed by atoms with Crippen LogP contribution >= 0.6 is 36.2 Å². The monoisotopic (exact) mass is 380 g/mol. The summed E-state index contributed by atoms with van der Waals surface area (Å²) in [6.45, 7) is 4.36. The Morgan fingerprint density at radius 1 is 0.875 bits per heavy atom. The molecule has 1 aromatic heterocycles. The van der Waals surface area contributed by atoms with Gasteiger partial charge in [-0.05, 0) is 27.8 Å². The number of piperazine rings is 1. The highest BCUT2D eigenvalue weighted by molar-refractivity contribution is 7.10. The fourth-order valence-electron chi connectivity index (χ4n) is 3.41. The first-order valence-corrected chi connectivity index (χ1v) is 8.77. The molecule has 128 valence electrons. The first kappa shape index (κ1) is 19.2. The molecule has 5 heteroatoms. The molecular formula is C19H22Cl2N2S. The van der Waals surface area contributed by atoms with Crippen molar-refractivity contribution in [2.24, 2.45) is 0 Å². The summed E-state index contributed by atoms with van der Waals surface area (Å²) in [6.07, 6.45) is 0. The van der Waals surface area contributed by atoms with Gasteiger partial charge in [-0.15, -0.1) is 36.2 Å². The average molecular weight is 381 g/mol. The lowest BCUT2D eigenvalue weighted by Gasteiger charge is -2.35. The number of thiophene rings is 1. The van der Waals surface area contributed by atoms with Gasteiger partial charge < -0.3 is 5.32 Å². The van der Waals surface area contributed by atoms with E-state index >= 15 is 0 Å². The topological polar surface area (TPSA) is 15.3 Å². The van der Waals surface area contributed by atoms with E-state index in [0.29, 0.717) is 6.04 Å². The van der Waals surface area contributed by atoms with Gasteiger partial charge in [0.15, 0.2) is 0 Å². The van der Waals surface area contributed by atoms with Crippen LogP contribution in [-0.2, 0) is 0 Å². The molecule has 1 N–H and O–H groups in total. The average Bonchev–Trinajstić information content (AvgIpc) is 3.11. The predicted molar refractivity (Wildman–Crippen MR) is 109 cm³/mol. The third kappa shape index (κ3) is 3.76. The van der Waals surface area contributed by atoms with E-state index in [1.54, 1.807) is 0 Å². The molecule has 1 fully saturated rings. The number of hydrogen-bond donors (Lipinski definition) is 1. The Kier molecular flexibility index (Phi) is 7.08. The SMILES string of the molecule is Cl.Cl.c1csc([C@H](c2cccc3ccccc23)N2CCNCC2)c1. The predicted octanol–water partition coefficient (Wildman–Crippen LogP) is 4.74. The lowest BCUT2D eigenvalue weighted by atomic mass is 9.96. The van der Waals surface area contributed by atoms with E-state index in [1.807, 2.05) is 11.3 Å². The molecule has 1 saturated heterocycles. The molecule has 0 unspecified atom stereocenters. The minimum atomic E-state index is 0. The van der Waals surface area contributed by atoms with Gasteiger partial charge in [-0.2, -0.15) is 0 Å². The van der Waals surface area contributed by atoms with Crippen molar-refractivity contribution in [1.82, 2.24) is 10.2 Å². The van der Waals surface area contributed by atoms with Crippen molar-refractivity contribution in [2.75, 3.05) is 26.2 Å². The Bertz CT molecular complexity index is 750. The summed E-state index contributed by atoms with van der Waals surface area (Å²) in [6, 6.07) is 20.3. The van der Waals surface area contributed by atoms with Gasteiger partial charge >= 0.3 is 0 Å². The van der Waals surface area contributed by atoms with Crippen molar-refractivity contribution >= 4 is 46.9 Å². The van der Waals surface area contributed by atoms with Crippen LogP contribution in [0.15, 0.2) is 60.0 Å². The lowest BCUT2D eigenvalue weighted by molar-refractivity contribution is 0.201. The highest BCUT2D eigenvalue weighted by Crippen LogP contribution is 2.35. The van der Waals surface area contributed by atoms with Crippen LogP contribution in [0.2, 0.25) is 0 Å². The smallest absolute Gasteiger partial charge is 0.0702 e. The van der Waals surface area contributed by atoms with Crippen molar-refractivity contribution in [3.8, 4) is 0 Å². The normalized spacial score (nSPS) is 16.2. The molecule has 2 aromatic carbocycles. The maximum atomic E-state index is 3.47. The summed E-state index contributed by atoms with van der Waals surface area (Å²) in [5, 5.41) is 8.36. The minimum absolute atomic E-state index is 0. The zero-order valence-corrected chi connectivity index (χ0v) is 15.8. The highest BCUT2D eigenvalue weighted by atomic mass is 35.5. The van der Waals surface area contributed by atoms with Crippen molar-refractivity contribution < 1.29 is 0 Å². The van der Waals surface area contributed by atoms with E-state index in [4.69, 9.17) is 0 Å². The molecule has 0 amide bonds. The molecule has 24 heavy (non-hydrogen) atoms. The number of nitrogens with one attached hydrogen (secondary N) is 1. The van der Waals surface area contributed by atoms with Crippen molar-refractivity contribution in [3.05, 3.63) is 70.4 Å². The molecule has 0 spiro atoms. The summed E-state index contributed by atoms with van der Waals surface area (Å²) >= 11 is 1.87. The largest absolute Gasteiger partial charge is 0.314 e. The summed E-state index contributed by atoms with van der Waals surface area (Å²) < 4.78 is 0. The number of hydrogen-bond acceptors (Lipinski definition) is 3. The van der Waals surface area contributed by atoms with Gasteiger partial charge in [0.1, 0.15) is 0 Å². The Morgan fingerprint density at radius 2 is 1.62 bits per heavy atom. The molecule has 2 heterocycles. The molecule has 1 aliphatic heterocycles. The van der Waals surface area contributed by atoms with Gasteiger partial charge in [-0.1, -0.05) is 48.5 Å². The van der Waals surface area contributed by atoms with E-state index in [-0.39, 0.29) is 24.8 Å². The highest BCUT2D eigenvalue weighted by Gasteiger charge is 2.25. The van der Waals surface area contributed by atoms with Gasteiger partial charge in [0.05, 0.1) is 6.04 Å². The summed E-state index contributed by atoms with van der Waals surface area (Å²) in [5.74, 6) is 0. The number of halogens is 2. The second kappa shape index (κ2) is 8.84. The van der Waals surface area contributed by atoms with Crippen LogP contribution in [0.1, 0.15) is 16.5 Å². The van der Waals surface area contributed by atoms with Crippen LogP contribution in [0.3, 0.4) is 0 Å². The molecular weight excluding hydrogens is 359 g/mol. The zero-order chi connectivity index (χ0) is 14.8. The summed E-state index contributed by atoms with van der Waals surface area (Å²) in [7, 11) is 0. The number of fused-ring (bicyclic) bond motifs is 1. The van der Waals surface area contributed by atoms with Gasteiger partial charge in [0.2, 0.25) is 0 Å². The Labute approximate surface area is 159 Å². The maximum Gasteiger partial charge on any atom is 0.0702 e. The standard InChI is InChI=1S/C19H20N2S.2ClH/c1-2-7-16-15(5-1)6-3-8-17(16)19(18-9-4-14-22-18)21-12-10-20-11-13-21;;/h1-9,14,19-20H,10-13H2;2*1H/t19-;;/m0../s1. The van der Waals surface area contributed by atoms with Gasteiger partial charge in [-0.3, -0.25) is 4.90 Å². The summed E-state index contributed by atoms with van der Waals surface area (Å²) in [5.41, 5.74) is 1.43. The van der Waals surface area contributed by atoms with E-state index in [9.17, 15) is 0 Å². The lowest BCUT2D eigenvalue weighted by Crippen LogP contribution is -2.45. The first-order chi connectivity index (χ1) is 10.9. The van der Waals surface area contributed by atoms with Gasteiger partial charge in [-0.25, -0.2) is 0 Å². The molecule has 0 bridgehead atoms. The molecule has 1 aliphatic rings. The van der Waals surface area contributed by atoms with Crippen LogP contribution in [0.5, 0.6) is 0 Å². The first-order valence-electron chi connectivity index (χ1n) is 7.89. The Hall–Kier alpha value is -1.10. The molecule has 0 saturated carbocycles. The van der Waals surface area contributed by atoms with E-state index in [2.05, 4.69) is 70.2 Å². The third-order valence-corrected chi connectivity index (χ3v) is 5.37. The fourth-order valence-corrected chi connectivity index (χ4v) is 4.28. The zero-order valence-electron chi connectivity index (χ0n) is 13.4. The molecule has 3 aromatic rings. The second-order valence-corrected chi connectivity index (χ2v) is 6.75. The molecule has 0 radical (unpaired) electrons. The van der Waals surface area contributed by atoms with Crippen LogP contribution in [0.4, 0.5) is 0 Å². The van der Waals surface area contributed by atoms with Crippen molar-refractivity contribution in [1.29, 1.82) is 0 Å². The van der Waals surface area contributed by atoms with E-state index < -0.39 is 0 Å². The van der Waals surface area contributed by atoms with Crippen LogP contribution in [0, 0.1) is 0 Å². The van der Waals surface area contributed by atoms with Crippen LogP contribution < -0.4 is 5.32 Å². The molecule has 0 aliphatic carbocycles. The van der Waals surface area contributed by atoms with Crippen LogP contribution in [0.25, 0.3) is 10.8 Å². The molecule has 4 rings (SSSR count). The van der Waals surface area contributed by atoms with E-state index in [0.717, 1.165) is 26.2 Å². The van der Waals surface area contributed by atoms with Gasteiger partial charge in [0.25, 0.3) is 0 Å². The van der Waals surface area contributed by atoms with Gasteiger partial charge in [0, 0.05) is 31.1 Å². The third-order valence-electron chi connectivity index (χ3n) is 4.45. The quantitative estimate of drug-likeness (QED) is 0.705. The molecule has 2 nitrogen and oxygen atoms in total. The molecule has 1 atom stereocenters. The number of benzene rings is 2. The van der Waals surface area contributed by atoms with Crippen molar-refractivity contribution in [2.45, 2.75) is 6.04 Å². The maximum absolute atomic E-state index is 3.47. The number of rotatable bonds is 3. The summed E-state index contributed by atoms with van der Waals surface area (Å²) in [4.78, 5) is 4.06. The fraction of sp³-hybridized carbons (Fsp3) is 0.263.